The summed E-state index contributed by atoms with van der Waals surface area (Å²) >= 11 is 0. The van der Waals surface area contributed by atoms with E-state index >= 15 is 0 Å². The number of likely N-dealkylation sites (tertiary alicyclic amines) is 1. The van der Waals surface area contributed by atoms with E-state index in [1.54, 1.807) is 0 Å². The third-order valence-corrected chi connectivity index (χ3v) is 5.47. The molecular weight excluding hydrogens is 467 g/mol. The molecule has 3 heterocycles. The molecule has 0 aromatic carbocycles. The van der Waals surface area contributed by atoms with E-state index in [4.69, 9.17) is 4.74 Å². The largest absolute Gasteiger partial charge is 0.375 e. The minimum atomic E-state index is 0. The number of nitrogens with zero attached hydrogens (tertiary/aromatic N) is 4. The molecule has 158 valence electrons. The summed E-state index contributed by atoms with van der Waals surface area (Å²) in [4.78, 5) is 13.7. The molecule has 2 N–H and O–H groups in total. The van der Waals surface area contributed by atoms with E-state index < -0.39 is 0 Å². The molecule has 0 saturated carbocycles. The van der Waals surface area contributed by atoms with Crippen LogP contribution in [-0.4, -0.2) is 74.4 Å². The molecular formula is C20H35IN6O. The van der Waals surface area contributed by atoms with Crippen LogP contribution in [0.3, 0.4) is 0 Å². The maximum absolute atomic E-state index is 5.63. The highest BCUT2D eigenvalue weighted by atomic mass is 127. The Kier molecular flexibility index (Phi) is 9.73. The number of rotatable bonds is 6. The van der Waals surface area contributed by atoms with Gasteiger partial charge in [0.2, 0.25) is 0 Å². The quantitative estimate of drug-likeness (QED) is 0.353. The Morgan fingerprint density at radius 2 is 2.21 bits per heavy atom. The number of morpholine rings is 1. The normalized spacial score (nSPS) is 23.4. The van der Waals surface area contributed by atoms with Crippen molar-refractivity contribution in [3.05, 3.63) is 23.9 Å². The van der Waals surface area contributed by atoms with Gasteiger partial charge in [0.1, 0.15) is 5.82 Å². The number of nitrogens with one attached hydrogen (secondary N) is 2. The van der Waals surface area contributed by atoms with Gasteiger partial charge in [-0.1, -0.05) is 6.92 Å². The summed E-state index contributed by atoms with van der Waals surface area (Å²) in [5.74, 6) is 1.88. The molecule has 2 fully saturated rings. The van der Waals surface area contributed by atoms with Crippen LogP contribution in [0.1, 0.15) is 32.3 Å². The van der Waals surface area contributed by atoms with E-state index in [0.717, 1.165) is 51.1 Å². The Morgan fingerprint density at radius 1 is 1.36 bits per heavy atom. The summed E-state index contributed by atoms with van der Waals surface area (Å²) in [6.07, 6.45) is 4.71. The van der Waals surface area contributed by atoms with E-state index in [1.165, 1.54) is 24.9 Å². The maximum Gasteiger partial charge on any atom is 0.191 e. The number of aliphatic imine (C=N–C) groups is 1. The number of likely N-dealkylation sites (N-methyl/N-ethyl adjacent to an activating group) is 1. The number of anilines is 1. The van der Waals surface area contributed by atoms with Gasteiger partial charge >= 0.3 is 0 Å². The van der Waals surface area contributed by atoms with Crippen molar-refractivity contribution >= 4 is 35.8 Å². The number of hydrogen-bond acceptors (Lipinski definition) is 5. The summed E-state index contributed by atoms with van der Waals surface area (Å²) < 4.78 is 5.63. The highest BCUT2D eigenvalue weighted by Gasteiger charge is 2.22. The fourth-order valence-electron chi connectivity index (χ4n) is 3.93. The second-order valence-corrected chi connectivity index (χ2v) is 7.38. The van der Waals surface area contributed by atoms with Crippen molar-refractivity contribution in [1.82, 2.24) is 20.5 Å². The number of guanidine groups is 1. The van der Waals surface area contributed by atoms with Gasteiger partial charge in [0.25, 0.3) is 0 Å². The summed E-state index contributed by atoms with van der Waals surface area (Å²) in [6, 6.07) is 4.83. The molecule has 8 heteroatoms. The maximum atomic E-state index is 5.63. The molecule has 0 spiro atoms. The first-order valence-electron chi connectivity index (χ1n) is 10.2. The van der Waals surface area contributed by atoms with Crippen LogP contribution in [0.2, 0.25) is 0 Å². The summed E-state index contributed by atoms with van der Waals surface area (Å²) in [6.45, 7) is 10.9. The minimum Gasteiger partial charge on any atom is -0.375 e. The predicted molar refractivity (Wildman–Crippen MR) is 126 cm³/mol. The van der Waals surface area contributed by atoms with E-state index in [9.17, 15) is 0 Å². The standard InChI is InChI=1S/C20H34N6O.HI/c1-4-25-9-5-6-18(25)14-24-20(21-3)23-13-17-7-8-22-19(12-17)26-10-11-27-16(2)15-26;/h7-8,12,16,18H,4-6,9-11,13-15H2,1-3H3,(H2,21,23,24);1H. The molecule has 2 saturated heterocycles. The van der Waals surface area contributed by atoms with Crippen LogP contribution in [0.5, 0.6) is 0 Å². The Balaban J connectivity index is 0.00000280. The molecule has 2 aliphatic heterocycles. The van der Waals surface area contributed by atoms with E-state index in [1.807, 2.05) is 13.2 Å². The summed E-state index contributed by atoms with van der Waals surface area (Å²) in [7, 11) is 1.83. The van der Waals surface area contributed by atoms with Crippen molar-refractivity contribution in [2.45, 2.75) is 45.4 Å². The first-order valence-corrected chi connectivity index (χ1v) is 10.2. The molecule has 0 amide bonds. The van der Waals surface area contributed by atoms with Crippen molar-refractivity contribution in [1.29, 1.82) is 0 Å². The number of halogens is 1. The second kappa shape index (κ2) is 11.8. The van der Waals surface area contributed by atoms with Gasteiger partial charge in [-0.05, 0) is 50.6 Å². The lowest BCUT2D eigenvalue weighted by Gasteiger charge is -2.32. The Bertz CT molecular complexity index is 628. The highest BCUT2D eigenvalue weighted by Crippen LogP contribution is 2.17. The molecule has 1 aromatic rings. The van der Waals surface area contributed by atoms with Crippen LogP contribution < -0.4 is 15.5 Å². The third kappa shape index (κ3) is 6.45. The average Bonchev–Trinajstić information content (AvgIpc) is 3.16. The van der Waals surface area contributed by atoms with E-state index in [2.05, 4.69) is 56.4 Å². The fourth-order valence-corrected chi connectivity index (χ4v) is 3.93. The zero-order chi connectivity index (χ0) is 19.1. The first kappa shape index (κ1) is 23.2. The monoisotopic (exact) mass is 502 g/mol. The van der Waals surface area contributed by atoms with Crippen molar-refractivity contribution in [3.63, 3.8) is 0 Å². The van der Waals surface area contributed by atoms with Crippen molar-refractivity contribution in [2.75, 3.05) is 51.3 Å². The topological polar surface area (TPSA) is 65.0 Å². The lowest BCUT2D eigenvalue weighted by molar-refractivity contribution is 0.0529. The summed E-state index contributed by atoms with van der Waals surface area (Å²) in [5, 5.41) is 6.92. The van der Waals surface area contributed by atoms with Crippen LogP contribution in [0.4, 0.5) is 5.82 Å². The van der Waals surface area contributed by atoms with Crippen LogP contribution in [0.15, 0.2) is 23.3 Å². The van der Waals surface area contributed by atoms with Gasteiger partial charge in [0, 0.05) is 45.5 Å². The molecule has 7 nitrogen and oxygen atoms in total. The number of ether oxygens (including phenoxy) is 1. The lowest BCUT2D eigenvalue weighted by Crippen LogP contribution is -2.44. The van der Waals surface area contributed by atoms with Gasteiger partial charge in [-0.3, -0.25) is 9.89 Å². The second-order valence-electron chi connectivity index (χ2n) is 7.38. The lowest BCUT2D eigenvalue weighted by atomic mass is 10.2. The SMILES string of the molecule is CCN1CCCC1CNC(=NC)NCc1ccnc(N2CCOC(C)C2)c1.I. The van der Waals surface area contributed by atoms with Gasteiger partial charge in [0.05, 0.1) is 12.7 Å². The third-order valence-electron chi connectivity index (χ3n) is 5.47. The number of pyridine rings is 1. The molecule has 3 rings (SSSR count). The molecule has 0 bridgehead atoms. The van der Waals surface area contributed by atoms with Crippen LogP contribution in [-0.2, 0) is 11.3 Å². The number of aromatic nitrogens is 1. The molecule has 2 unspecified atom stereocenters. The smallest absolute Gasteiger partial charge is 0.191 e. The Labute approximate surface area is 186 Å². The Morgan fingerprint density at radius 3 is 2.96 bits per heavy atom. The van der Waals surface area contributed by atoms with Gasteiger partial charge in [-0.2, -0.15) is 0 Å². The zero-order valence-corrected chi connectivity index (χ0v) is 19.7. The van der Waals surface area contributed by atoms with Crippen molar-refractivity contribution in [2.24, 2.45) is 4.99 Å². The minimum absolute atomic E-state index is 0. The zero-order valence-electron chi connectivity index (χ0n) is 17.4. The molecule has 1 aromatic heterocycles. The van der Waals surface area contributed by atoms with E-state index in [-0.39, 0.29) is 30.1 Å². The molecule has 0 aliphatic carbocycles. The first-order chi connectivity index (χ1) is 13.2. The van der Waals surface area contributed by atoms with Gasteiger partial charge in [-0.25, -0.2) is 4.98 Å². The molecule has 28 heavy (non-hydrogen) atoms. The average molecular weight is 502 g/mol. The molecule has 0 radical (unpaired) electrons. The van der Waals surface area contributed by atoms with Crippen LogP contribution in [0.25, 0.3) is 0 Å². The molecule has 2 aliphatic rings. The fraction of sp³-hybridized carbons (Fsp3) is 0.700. The van der Waals surface area contributed by atoms with Crippen LogP contribution in [0, 0.1) is 0 Å². The van der Waals surface area contributed by atoms with Crippen molar-refractivity contribution < 1.29 is 4.74 Å². The van der Waals surface area contributed by atoms with Gasteiger partial charge < -0.3 is 20.3 Å². The highest BCUT2D eigenvalue weighted by molar-refractivity contribution is 14.0. The van der Waals surface area contributed by atoms with Gasteiger partial charge in [-0.15, -0.1) is 24.0 Å². The predicted octanol–water partition coefficient (Wildman–Crippen LogP) is 2.07. The van der Waals surface area contributed by atoms with Crippen LogP contribution >= 0.6 is 24.0 Å². The molecule has 2 atom stereocenters. The van der Waals surface area contributed by atoms with Gasteiger partial charge in [0.15, 0.2) is 5.96 Å². The number of hydrogen-bond donors (Lipinski definition) is 2. The Hall–Kier alpha value is -1.13. The summed E-state index contributed by atoms with van der Waals surface area (Å²) in [5.41, 5.74) is 1.21. The van der Waals surface area contributed by atoms with E-state index in [0.29, 0.717) is 6.04 Å². The van der Waals surface area contributed by atoms with Crippen molar-refractivity contribution in [3.8, 4) is 0 Å².